The fraction of sp³-hybridized carbons (Fsp3) is 0.143. The number of fused-ring (bicyclic) bond motifs is 1. The Kier molecular flexibility index (Phi) is 5.18. The minimum Gasteiger partial charge on any atom is -0.337 e. The highest BCUT2D eigenvalue weighted by atomic mass is 35.5. The molecule has 5 aromatic rings. The van der Waals surface area contributed by atoms with Crippen LogP contribution < -0.4 is 5.56 Å². The van der Waals surface area contributed by atoms with Gasteiger partial charge in [0, 0.05) is 36.8 Å². The van der Waals surface area contributed by atoms with E-state index in [1.807, 2.05) is 75.2 Å². The third kappa shape index (κ3) is 3.47. The van der Waals surface area contributed by atoms with Crippen LogP contribution in [-0.4, -0.2) is 14.1 Å². The van der Waals surface area contributed by atoms with E-state index in [4.69, 9.17) is 11.6 Å². The van der Waals surface area contributed by atoms with Crippen LogP contribution in [0.15, 0.2) is 96.2 Å². The van der Waals surface area contributed by atoms with Crippen LogP contribution in [0.2, 0.25) is 5.02 Å². The summed E-state index contributed by atoms with van der Waals surface area (Å²) in [6.07, 6.45) is 3.74. The van der Waals surface area contributed by atoms with E-state index in [-0.39, 0.29) is 5.56 Å². The van der Waals surface area contributed by atoms with Crippen molar-refractivity contribution in [3.63, 3.8) is 0 Å². The number of hydrogen-bond acceptors (Lipinski definition) is 2. The van der Waals surface area contributed by atoms with Crippen molar-refractivity contribution in [2.24, 2.45) is 14.1 Å². The molecule has 0 N–H and O–H groups in total. The summed E-state index contributed by atoms with van der Waals surface area (Å²) in [4.78, 5) is 17.1. The Morgan fingerprint density at radius 3 is 2.24 bits per heavy atom. The molecule has 1 unspecified atom stereocenters. The molecule has 5 rings (SSSR count). The standard InChI is InChI=1S/C28H24ClN3O/c1-28(26-17-30-18-31(26)2,20-9-12-22(29)13-10-20)21-11-14-25-24(15-21)23(16-27(33)32(25)3)19-7-5-4-6-8-19/h4-18H,1-3H3. The zero-order chi connectivity index (χ0) is 23.2. The quantitative estimate of drug-likeness (QED) is 0.337. The monoisotopic (exact) mass is 453 g/mol. The molecule has 164 valence electrons. The second-order valence-corrected chi connectivity index (χ2v) is 9.01. The number of hydrogen-bond donors (Lipinski definition) is 0. The van der Waals surface area contributed by atoms with Gasteiger partial charge in [-0.15, -0.1) is 0 Å². The largest absolute Gasteiger partial charge is 0.337 e. The molecule has 0 fully saturated rings. The predicted octanol–water partition coefficient (Wildman–Crippen LogP) is 5.95. The van der Waals surface area contributed by atoms with Crippen molar-refractivity contribution < 1.29 is 0 Å². The Bertz CT molecular complexity index is 1520. The lowest BCUT2D eigenvalue weighted by atomic mass is 9.73. The van der Waals surface area contributed by atoms with Crippen molar-refractivity contribution in [1.29, 1.82) is 0 Å². The van der Waals surface area contributed by atoms with Crippen molar-refractivity contribution in [2.75, 3.05) is 0 Å². The average molecular weight is 454 g/mol. The van der Waals surface area contributed by atoms with E-state index in [0.717, 1.165) is 38.9 Å². The lowest BCUT2D eigenvalue weighted by Gasteiger charge is -2.32. The van der Waals surface area contributed by atoms with Crippen LogP contribution in [0.1, 0.15) is 23.7 Å². The van der Waals surface area contributed by atoms with Crippen LogP contribution in [0.5, 0.6) is 0 Å². The van der Waals surface area contributed by atoms with E-state index >= 15 is 0 Å². The molecule has 3 aromatic carbocycles. The van der Waals surface area contributed by atoms with Gasteiger partial charge in [-0.3, -0.25) is 4.79 Å². The first kappa shape index (κ1) is 21.2. The Morgan fingerprint density at radius 2 is 1.58 bits per heavy atom. The highest BCUT2D eigenvalue weighted by Crippen LogP contribution is 2.41. The van der Waals surface area contributed by atoms with Gasteiger partial charge in [-0.05, 0) is 53.4 Å². The Balaban J connectivity index is 1.84. The smallest absolute Gasteiger partial charge is 0.251 e. The fourth-order valence-corrected chi connectivity index (χ4v) is 4.84. The first-order valence-electron chi connectivity index (χ1n) is 10.8. The summed E-state index contributed by atoms with van der Waals surface area (Å²) in [5.41, 5.74) is 5.62. The van der Waals surface area contributed by atoms with Crippen LogP contribution in [0.3, 0.4) is 0 Å². The first-order valence-corrected chi connectivity index (χ1v) is 11.2. The highest BCUT2D eigenvalue weighted by Gasteiger charge is 2.34. The van der Waals surface area contributed by atoms with Gasteiger partial charge < -0.3 is 9.13 Å². The minimum absolute atomic E-state index is 0.0267. The number of benzene rings is 3. The van der Waals surface area contributed by atoms with E-state index in [2.05, 4.69) is 40.7 Å². The Labute approximate surface area is 197 Å². The summed E-state index contributed by atoms with van der Waals surface area (Å²) >= 11 is 6.21. The topological polar surface area (TPSA) is 39.8 Å². The summed E-state index contributed by atoms with van der Waals surface area (Å²) in [5, 5.41) is 1.73. The maximum Gasteiger partial charge on any atom is 0.251 e. The predicted molar refractivity (Wildman–Crippen MR) is 135 cm³/mol. The molecule has 0 amide bonds. The number of rotatable bonds is 4. The van der Waals surface area contributed by atoms with Crippen LogP contribution in [0.25, 0.3) is 22.0 Å². The number of pyridine rings is 1. The SMILES string of the molecule is Cn1cncc1C(C)(c1ccc(Cl)cc1)c1ccc2c(c1)c(-c1ccccc1)cc(=O)n2C. The van der Waals surface area contributed by atoms with Gasteiger partial charge in [0.2, 0.25) is 0 Å². The van der Waals surface area contributed by atoms with Gasteiger partial charge in [-0.2, -0.15) is 0 Å². The van der Waals surface area contributed by atoms with Crippen molar-refractivity contribution >= 4 is 22.5 Å². The zero-order valence-electron chi connectivity index (χ0n) is 18.8. The van der Waals surface area contributed by atoms with Crippen molar-refractivity contribution in [3.8, 4) is 11.1 Å². The number of aryl methyl sites for hydroxylation is 2. The van der Waals surface area contributed by atoms with E-state index in [9.17, 15) is 4.79 Å². The third-order valence-electron chi connectivity index (χ3n) is 6.66. The number of aromatic nitrogens is 3. The third-order valence-corrected chi connectivity index (χ3v) is 6.91. The Morgan fingerprint density at radius 1 is 0.879 bits per heavy atom. The number of nitrogens with zero attached hydrogens (tertiary/aromatic N) is 3. The Hall–Kier alpha value is -3.63. The van der Waals surface area contributed by atoms with Gasteiger partial charge in [0.05, 0.1) is 23.0 Å². The molecule has 0 radical (unpaired) electrons. The molecule has 5 heteroatoms. The molecular weight excluding hydrogens is 430 g/mol. The molecule has 0 aliphatic rings. The molecule has 0 spiro atoms. The molecule has 4 nitrogen and oxygen atoms in total. The van der Waals surface area contributed by atoms with Crippen LogP contribution in [0, 0.1) is 0 Å². The normalized spacial score (nSPS) is 13.2. The van der Waals surface area contributed by atoms with Crippen molar-refractivity contribution in [2.45, 2.75) is 12.3 Å². The van der Waals surface area contributed by atoms with Crippen molar-refractivity contribution in [3.05, 3.63) is 124 Å². The van der Waals surface area contributed by atoms with Gasteiger partial charge >= 0.3 is 0 Å². The molecule has 2 aromatic heterocycles. The molecule has 2 heterocycles. The molecule has 1 atom stereocenters. The highest BCUT2D eigenvalue weighted by molar-refractivity contribution is 6.30. The van der Waals surface area contributed by atoms with E-state index in [1.165, 1.54) is 0 Å². The molecule has 33 heavy (non-hydrogen) atoms. The molecule has 0 aliphatic carbocycles. The second-order valence-electron chi connectivity index (χ2n) is 8.57. The number of imidazole rings is 1. The van der Waals surface area contributed by atoms with Crippen molar-refractivity contribution in [1.82, 2.24) is 14.1 Å². The lowest BCUT2D eigenvalue weighted by Crippen LogP contribution is -2.28. The van der Waals surface area contributed by atoms with Crippen LogP contribution >= 0.6 is 11.6 Å². The summed E-state index contributed by atoms with van der Waals surface area (Å²) in [6, 6.07) is 26.1. The fourth-order valence-electron chi connectivity index (χ4n) is 4.71. The summed E-state index contributed by atoms with van der Waals surface area (Å²) in [5.74, 6) is 0. The molecule has 0 aliphatic heterocycles. The average Bonchev–Trinajstić information content (AvgIpc) is 3.28. The molecule has 0 saturated carbocycles. The van der Waals surface area contributed by atoms with Gasteiger partial charge in [-0.25, -0.2) is 4.98 Å². The molecule has 0 saturated heterocycles. The van der Waals surface area contributed by atoms with Crippen LogP contribution in [0.4, 0.5) is 0 Å². The second kappa shape index (κ2) is 8.05. The van der Waals surface area contributed by atoms with E-state index in [0.29, 0.717) is 5.02 Å². The maximum atomic E-state index is 12.7. The first-order chi connectivity index (χ1) is 15.9. The van der Waals surface area contributed by atoms with Gasteiger partial charge in [0.1, 0.15) is 0 Å². The van der Waals surface area contributed by atoms with E-state index in [1.54, 1.807) is 10.6 Å². The minimum atomic E-state index is -0.479. The summed E-state index contributed by atoms with van der Waals surface area (Å²) < 4.78 is 3.76. The number of halogens is 1. The maximum absolute atomic E-state index is 12.7. The summed E-state index contributed by atoms with van der Waals surface area (Å²) in [7, 11) is 3.83. The lowest BCUT2D eigenvalue weighted by molar-refractivity contribution is 0.626. The van der Waals surface area contributed by atoms with E-state index < -0.39 is 5.41 Å². The zero-order valence-corrected chi connectivity index (χ0v) is 19.5. The summed E-state index contributed by atoms with van der Waals surface area (Å²) in [6.45, 7) is 2.21. The van der Waals surface area contributed by atoms with Gasteiger partial charge in [0.15, 0.2) is 0 Å². The van der Waals surface area contributed by atoms with Gasteiger partial charge in [-0.1, -0.05) is 60.1 Å². The molecule has 0 bridgehead atoms. The van der Waals surface area contributed by atoms with Gasteiger partial charge in [0.25, 0.3) is 5.56 Å². The molecular formula is C28H24ClN3O. The van der Waals surface area contributed by atoms with Crippen LogP contribution in [-0.2, 0) is 19.5 Å².